The van der Waals surface area contributed by atoms with Crippen molar-refractivity contribution >= 4 is 21.8 Å². The molecule has 2 saturated heterocycles. The Hall–Kier alpha value is -2.33. The number of hydrogen-bond donors (Lipinski definition) is 0. The second-order valence-corrected chi connectivity index (χ2v) is 10.4. The summed E-state index contributed by atoms with van der Waals surface area (Å²) in [6.45, 7) is 5.91. The fraction of sp³-hybridized carbons (Fsp3) is 0.636. The van der Waals surface area contributed by atoms with Crippen LogP contribution in [0.15, 0.2) is 23.1 Å². The van der Waals surface area contributed by atoms with Crippen LogP contribution in [0.25, 0.3) is 0 Å². The zero-order chi connectivity index (χ0) is 23.5. The Bertz CT molecular complexity index is 941. The van der Waals surface area contributed by atoms with Crippen LogP contribution in [0.5, 0.6) is 11.5 Å². The summed E-state index contributed by atoms with van der Waals surface area (Å²) in [4.78, 5) is 29.0. The van der Waals surface area contributed by atoms with Crippen molar-refractivity contribution in [1.29, 1.82) is 0 Å². The van der Waals surface area contributed by atoms with E-state index in [0.717, 1.165) is 12.8 Å². The normalized spacial score (nSPS) is 20.3. The van der Waals surface area contributed by atoms with E-state index >= 15 is 0 Å². The fourth-order valence-electron chi connectivity index (χ4n) is 4.28. The molecule has 32 heavy (non-hydrogen) atoms. The van der Waals surface area contributed by atoms with Crippen LogP contribution >= 0.6 is 0 Å². The molecule has 0 spiro atoms. The van der Waals surface area contributed by atoms with Crippen molar-refractivity contribution in [3.63, 3.8) is 0 Å². The summed E-state index contributed by atoms with van der Waals surface area (Å²) < 4.78 is 38.3. The summed E-state index contributed by atoms with van der Waals surface area (Å²) in [5.74, 6) is 0.435. The summed E-state index contributed by atoms with van der Waals surface area (Å²) in [5, 5.41) is 0. The molecule has 1 aromatic carbocycles. The third-order valence-electron chi connectivity index (χ3n) is 6.12. The Kier molecular flexibility index (Phi) is 7.66. The van der Waals surface area contributed by atoms with Crippen LogP contribution in [-0.2, 0) is 19.6 Å². The second-order valence-electron chi connectivity index (χ2n) is 8.52. The molecule has 2 fully saturated rings. The lowest BCUT2D eigenvalue weighted by atomic mass is 9.95. The van der Waals surface area contributed by atoms with Crippen molar-refractivity contribution in [3.8, 4) is 11.5 Å². The average molecular weight is 468 g/mol. The highest BCUT2D eigenvalue weighted by molar-refractivity contribution is 7.89. The van der Waals surface area contributed by atoms with E-state index in [4.69, 9.17) is 9.47 Å². The minimum atomic E-state index is -3.80. The van der Waals surface area contributed by atoms with E-state index in [1.54, 1.807) is 21.9 Å². The van der Waals surface area contributed by atoms with E-state index in [9.17, 15) is 18.0 Å². The minimum Gasteiger partial charge on any atom is -0.497 e. The van der Waals surface area contributed by atoms with E-state index in [1.165, 1.54) is 24.6 Å². The standard InChI is InChI=1S/C22H33N3O6S/c1-16(2)21(26)24-9-5-6-17(15-24)22(27)23-10-12-25(13-11-23)32(28,29)20-14-18(30-3)7-8-19(20)31-4/h7-8,14,16-17H,5-6,9-13,15H2,1-4H3. The molecular weight excluding hydrogens is 434 g/mol. The van der Waals surface area contributed by atoms with Gasteiger partial charge in [-0.25, -0.2) is 8.42 Å². The van der Waals surface area contributed by atoms with Crippen LogP contribution in [0.4, 0.5) is 0 Å². The van der Waals surface area contributed by atoms with Gasteiger partial charge in [0.25, 0.3) is 0 Å². The molecule has 9 nitrogen and oxygen atoms in total. The highest BCUT2D eigenvalue weighted by atomic mass is 32.2. The number of carbonyl (C=O) groups excluding carboxylic acids is 2. The third-order valence-corrected chi connectivity index (χ3v) is 8.03. The van der Waals surface area contributed by atoms with Crippen molar-refractivity contribution in [2.45, 2.75) is 31.6 Å². The zero-order valence-corrected chi connectivity index (χ0v) is 20.1. The lowest BCUT2D eigenvalue weighted by Crippen LogP contribution is -2.54. The molecule has 0 aromatic heterocycles. The number of likely N-dealkylation sites (tertiary alicyclic amines) is 1. The van der Waals surface area contributed by atoms with E-state index in [1.807, 2.05) is 13.8 Å². The number of sulfonamides is 1. The molecular formula is C22H33N3O6S. The van der Waals surface area contributed by atoms with Crippen LogP contribution in [0.1, 0.15) is 26.7 Å². The number of rotatable bonds is 6. The van der Waals surface area contributed by atoms with Gasteiger partial charge >= 0.3 is 0 Å². The molecule has 1 aromatic rings. The van der Waals surface area contributed by atoms with Gasteiger partial charge in [0.1, 0.15) is 16.4 Å². The largest absolute Gasteiger partial charge is 0.497 e. The molecule has 2 amide bonds. The van der Waals surface area contributed by atoms with Crippen molar-refractivity contribution in [1.82, 2.24) is 14.1 Å². The Balaban J connectivity index is 1.66. The van der Waals surface area contributed by atoms with Crippen LogP contribution < -0.4 is 9.47 Å². The minimum absolute atomic E-state index is 0.00210. The van der Waals surface area contributed by atoms with Gasteiger partial charge in [-0.2, -0.15) is 4.31 Å². The summed E-state index contributed by atoms with van der Waals surface area (Å²) >= 11 is 0. The molecule has 3 rings (SSSR count). The molecule has 0 N–H and O–H groups in total. The van der Waals surface area contributed by atoms with Gasteiger partial charge in [-0.05, 0) is 25.0 Å². The van der Waals surface area contributed by atoms with E-state index in [0.29, 0.717) is 31.9 Å². The van der Waals surface area contributed by atoms with Gasteiger partial charge in [-0.15, -0.1) is 0 Å². The molecule has 2 heterocycles. The molecule has 1 unspecified atom stereocenters. The number of amides is 2. The van der Waals surface area contributed by atoms with Gasteiger partial charge in [-0.1, -0.05) is 13.8 Å². The highest BCUT2D eigenvalue weighted by Crippen LogP contribution is 2.31. The molecule has 178 valence electrons. The summed E-state index contributed by atoms with van der Waals surface area (Å²) in [7, 11) is -0.902. The summed E-state index contributed by atoms with van der Waals surface area (Å²) in [5.41, 5.74) is 0. The Labute approximate surface area is 190 Å². The molecule has 0 radical (unpaired) electrons. The van der Waals surface area contributed by atoms with Crippen LogP contribution in [0.3, 0.4) is 0 Å². The number of hydrogen-bond acceptors (Lipinski definition) is 6. The fourth-order valence-corrected chi connectivity index (χ4v) is 5.87. The lowest BCUT2D eigenvalue weighted by Gasteiger charge is -2.39. The predicted molar refractivity (Wildman–Crippen MR) is 119 cm³/mol. The number of methoxy groups -OCH3 is 2. The number of nitrogens with zero attached hydrogens (tertiary/aromatic N) is 3. The van der Waals surface area contributed by atoms with Crippen LogP contribution in [-0.4, -0.2) is 87.8 Å². The molecule has 0 aliphatic carbocycles. The first-order valence-corrected chi connectivity index (χ1v) is 12.4. The molecule has 10 heteroatoms. The Morgan fingerprint density at radius 1 is 1.00 bits per heavy atom. The van der Waals surface area contributed by atoms with Crippen LogP contribution in [0.2, 0.25) is 0 Å². The number of piperazine rings is 1. The molecule has 2 aliphatic rings. The van der Waals surface area contributed by atoms with Crippen LogP contribution in [0, 0.1) is 11.8 Å². The highest BCUT2D eigenvalue weighted by Gasteiger charge is 2.36. The Morgan fingerprint density at radius 2 is 1.69 bits per heavy atom. The van der Waals surface area contributed by atoms with Gasteiger partial charge in [0, 0.05) is 51.3 Å². The first-order chi connectivity index (χ1) is 15.2. The number of benzene rings is 1. The van der Waals surface area contributed by atoms with Crippen molar-refractivity contribution in [2.75, 3.05) is 53.5 Å². The molecule has 2 aliphatic heterocycles. The topological polar surface area (TPSA) is 96.5 Å². The van der Waals surface area contributed by atoms with Gasteiger partial charge < -0.3 is 19.3 Å². The summed E-state index contributed by atoms with van der Waals surface area (Å²) in [6.07, 6.45) is 1.55. The number of piperidine rings is 1. The molecule has 1 atom stereocenters. The van der Waals surface area contributed by atoms with Crippen molar-refractivity contribution in [3.05, 3.63) is 18.2 Å². The molecule has 0 saturated carbocycles. The molecule has 0 bridgehead atoms. The van der Waals surface area contributed by atoms with Crippen molar-refractivity contribution in [2.24, 2.45) is 11.8 Å². The zero-order valence-electron chi connectivity index (χ0n) is 19.2. The quantitative estimate of drug-likeness (QED) is 0.628. The number of carbonyl (C=O) groups is 2. The predicted octanol–water partition coefficient (Wildman–Crippen LogP) is 1.43. The van der Waals surface area contributed by atoms with E-state index in [2.05, 4.69) is 0 Å². The van der Waals surface area contributed by atoms with Gasteiger partial charge in [0.15, 0.2) is 0 Å². The Morgan fingerprint density at radius 3 is 2.28 bits per heavy atom. The SMILES string of the molecule is COc1ccc(OC)c(S(=O)(=O)N2CCN(C(=O)C3CCCN(C(=O)C(C)C)C3)CC2)c1. The monoisotopic (exact) mass is 467 g/mol. The van der Waals surface area contributed by atoms with Gasteiger partial charge in [-0.3, -0.25) is 9.59 Å². The number of ether oxygens (including phenoxy) is 2. The first kappa shape index (κ1) is 24.3. The van der Waals surface area contributed by atoms with Gasteiger partial charge in [0.2, 0.25) is 21.8 Å². The average Bonchev–Trinajstić information content (AvgIpc) is 2.82. The first-order valence-electron chi connectivity index (χ1n) is 11.0. The second kappa shape index (κ2) is 10.1. The maximum Gasteiger partial charge on any atom is 0.247 e. The maximum absolute atomic E-state index is 13.2. The van der Waals surface area contributed by atoms with Crippen molar-refractivity contribution < 1.29 is 27.5 Å². The smallest absolute Gasteiger partial charge is 0.247 e. The summed E-state index contributed by atoms with van der Waals surface area (Å²) in [6, 6.07) is 4.67. The third kappa shape index (κ3) is 5.01. The lowest BCUT2D eigenvalue weighted by molar-refractivity contribution is -0.143. The van der Waals surface area contributed by atoms with Gasteiger partial charge in [0.05, 0.1) is 20.1 Å². The van der Waals surface area contributed by atoms with E-state index < -0.39 is 10.0 Å². The van der Waals surface area contributed by atoms with E-state index in [-0.39, 0.29) is 47.4 Å². The maximum atomic E-state index is 13.2.